The number of likely N-dealkylation sites (N-methyl/N-ethyl adjacent to an activating group) is 1. The predicted molar refractivity (Wildman–Crippen MR) is 517 cm³/mol. The number of ether oxygens (including phenoxy) is 2. The number of hydrogen-bond donors (Lipinski definition) is 3. The summed E-state index contributed by atoms with van der Waals surface area (Å²) in [4.78, 5) is 82.8. The molecule has 1 saturated carbocycles. The number of methoxy groups -OCH3 is 1. The molecular formula is C106H121ClF11N11O11S. The molecule has 3 unspecified atom stereocenters. The quantitative estimate of drug-likeness (QED) is 0.0427. The van der Waals surface area contributed by atoms with E-state index in [-0.39, 0.29) is 113 Å². The van der Waals surface area contributed by atoms with Crippen molar-refractivity contribution < 1.29 is 100 Å². The van der Waals surface area contributed by atoms with Crippen LogP contribution >= 0.6 is 11.6 Å². The fourth-order valence-corrected chi connectivity index (χ4v) is 20.6. The Morgan fingerprint density at radius 2 is 1.27 bits per heavy atom. The summed E-state index contributed by atoms with van der Waals surface area (Å²) >= 11 is 5.91. The molecule has 0 radical (unpaired) electrons. The molecule has 3 N–H and O–H groups in total. The van der Waals surface area contributed by atoms with Gasteiger partial charge in [0, 0.05) is 102 Å². The maximum atomic E-state index is 14.2. The van der Waals surface area contributed by atoms with Crippen LogP contribution in [0.3, 0.4) is 0 Å². The van der Waals surface area contributed by atoms with Crippen LogP contribution in [0.15, 0.2) is 212 Å². The molecule has 0 spiro atoms. The number of aromatic nitrogens is 3. The number of pyridine rings is 1. The Bertz CT molecular complexity index is 6070. The average molecular weight is 2000 g/mol. The monoisotopic (exact) mass is 2000 g/mol. The number of carboxylic acids is 2. The average Bonchev–Trinajstić information content (AvgIpc) is 1.59. The van der Waals surface area contributed by atoms with Crippen molar-refractivity contribution in [3.8, 4) is 11.5 Å². The maximum Gasteiger partial charge on any atom is 0.425 e. The van der Waals surface area contributed by atoms with Crippen LogP contribution in [0.2, 0.25) is 5.02 Å². The van der Waals surface area contributed by atoms with Crippen molar-refractivity contribution in [2.24, 2.45) is 36.6 Å². The van der Waals surface area contributed by atoms with Crippen LogP contribution in [0.5, 0.6) is 11.5 Å². The molecule has 8 atom stereocenters. The minimum atomic E-state index is -4.67. The first-order valence-electron chi connectivity index (χ1n) is 46.8. The number of piperazine rings is 1. The predicted octanol–water partition coefficient (Wildman–Crippen LogP) is 19.6. The zero-order valence-electron chi connectivity index (χ0n) is 80.7. The lowest BCUT2D eigenvalue weighted by Gasteiger charge is -2.42. The van der Waals surface area contributed by atoms with E-state index in [1.54, 1.807) is 47.1 Å². The van der Waals surface area contributed by atoms with Gasteiger partial charge in [-0.25, -0.2) is 27.2 Å². The molecule has 756 valence electrons. The number of likely N-dealkylation sites (tertiary alicyclic amines) is 3. The zero-order chi connectivity index (χ0) is 102. The van der Waals surface area contributed by atoms with Crippen molar-refractivity contribution in [2.45, 2.75) is 140 Å². The number of carboxylic acid groups (broad SMARTS) is 2. The van der Waals surface area contributed by atoms with Gasteiger partial charge in [-0.3, -0.25) is 38.7 Å². The summed E-state index contributed by atoms with van der Waals surface area (Å²) in [5, 5.41) is 21.2. The summed E-state index contributed by atoms with van der Waals surface area (Å²) in [7, 11) is 3.43. The summed E-state index contributed by atoms with van der Waals surface area (Å²) in [5.41, 5.74) is 8.19. The number of carbonyl (C=O) groups is 5. The highest BCUT2D eigenvalue weighted by Gasteiger charge is 2.55. The number of sulfone groups is 1. The lowest BCUT2D eigenvalue weighted by atomic mass is 9.71. The molecule has 6 heterocycles. The van der Waals surface area contributed by atoms with E-state index in [2.05, 4.69) is 95.4 Å². The van der Waals surface area contributed by atoms with E-state index in [9.17, 15) is 80.7 Å². The molecule has 2 aromatic heterocycles. The summed E-state index contributed by atoms with van der Waals surface area (Å²) in [6.45, 7) is 18.4. The number of imidazole rings is 1. The Hall–Kier alpha value is -11.8. The topological polar surface area (TPSA) is 244 Å². The van der Waals surface area contributed by atoms with Crippen LogP contribution in [-0.4, -0.2) is 229 Å². The van der Waals surface area contributed by atoms with E-state index in [0.717, 1.165) is 138 Å². The molecule has 16 rings (SSSR count). The number of benzene rings is 8. The summed E-state index contributed by atoms with van der Waals surface area (Å²) < 4.78 is 182. The number of anilines is 1. The van der Waals surface area contributed by atoms with Gasteiger partial charge in [-0.15, -0.1) is 0 Å². The van der Waals surface area contributed by atoms with E-state index in [0.29, 0.717) is 72.6 Å². The number of hydrogen-bond acceptors (Lipinski definition) is 16. The molecule has 6 aliphatic rings. The van der Waals surface area contributed by atoms with Crippen LogP contribution in [0.1, 0.15) is 169 Å². The Kier molecular flexibility index (Phi) is 36.0. The Labute approximate surface area is 820 Å². The summed E-state index contributed by atoms with van der Waals surface area (Å²) in [5.74, 6) is -1.40. The molecule has 141 heavy (non-hydrogen) atoms. The normalized spacial score (nSPS) is 18.6. The summed E-state index contributed by atoms with van der Waals surface area (Å²) in [6, 6.07) is 52.9. The third-order valence-electron chi connectivity index (χ3n) is 27.1. The van der Waals surface area contributed by atoms with E-state index in [1.165, 1.54) is 71.6 Å². The number of aliphatic carboxylic acids is 2. The minimum absolute atomic E-state index is 0.00623. The lowest BCUT2D eigenvalue weighted by Crippen LogP contribution is -2.52. The third-order valence-corrected chi connectivity index (χ3v) is 28.5. The molecule has 22 nitrogen and oxygen atoms in total. The van der Waals surface area contributed by atoms with Gasteiger partial charge < -0.3 is 49.2 Å². The highest BCUT2D eigenvalue weighted by atomic mass is 35.5. The van der Waals surface area contributed by atoms with Gasteiger partial charge in [-0.2, -0.15) is 39.5 Å². The van der Waals surface area contributed by atoms with Crippen molar-refractivity contribution in [2.75, 3.05) is 124 Å². The van der Waals surface area contributed by atoms with Crippen LogP contribution < -0.4 is 19.7 Å². The van der Waals surface area contributed by atoms with E-state index in [1.807, 2.05) is 95.5 Å². The number of nitrogens with zero attached hydrogens (tertiary/aromatic N) is 10. The van der Waals surface area contributed by atoms with Crippen molar-refractivity contribution in [1.29, 1.82) is 0 Å². The number of fused-ring (bicyclic) bond motifs is 2. The maximum absolute atomic E-state index is 14.2. The van der Waals surface area contributed by atoms with Gasteiger partial charge in [-0.05, 0) is 255 Å². The number of aryl methyl sites for hydroxylation is 5. The van der Waals surface area contributed by atoms with Crippen molar-refractivity contribution in [3.05, 3.63) is 307 Å². The number of alkyl halides is 9. The van der Waals surface area contributed by atoms with Gasteiger partial charge in [0.05, 0.1) is 64.7 Å². The van der Waals surface area contributed by atoms with Gasteiger partial charge in [0.25, 0.3) is 17.7 Å². The molecule has 0 bridgehead atoms. The lowest BCUT2D eigenvalue weighted by molar-refractivity contribution is -0.189. The molecule has 3 amide bonds. The van der Waals surface area contributed by atoms with Gasteiger partial charge in [0.2, 0.25) is 0 Å². The van der Waals surface area contributed by atoms with Crippen molar-refractivity contribution in [1.82, 2.24) is 49.3 Å². The van der Waals surface area contributed by atoms with Crippen LogP contribution in [0.25, 0.3) is 0 Å². The molecular weight excluding hydrogens is 1880 g/mol. The molecule has 4 aliphatic heterocycles. The number of halogens is 12. The van der Waals surface area contributed by atoms with E-state index < -0.39 is 81.0 Å². The first kappa shape index (κ1) is 108. The van der Waals surface area contributed by atoms with Gasteiger partial charge >= 0.3 is 30.5 Å². The van der Waals surface area contributed by atoms with Gasteiger partial charge in [0.15, 0.2) is 27.6 Å². The van der Waals surface area contributed by atoms with Crippen molar-refractivity contribution >= 4 is 56.9 Å². The number of carbonyl (C=O) groups excluding carboxylic acids is 3. The van der Waals surface area contributed by atoms with Crippen LogP contribution in [-0.2, 0) is 51.8 Å². The number of rotatable bonds is 26. The van der Waals surface area contributed by atoms with E-state index in [4.69, 9.17) is 31.3 Å². The Morgan fingerprint density at radius 3 is 1.84 bits per heavy atom. The second-order valence-electron chi connectivity index (χ2n) is 37.9. The first-order chi connectivity index (χ1) is 66.6. The Balaban J connectivity index is 0.000000158. The number of nitrogens with one attached hydrogen (secondary N) is 1. The molecule has 2 aliphatic carbocycles. The molecule has 5 fully saturated rings. The molecule has 8 aromatic carbocycles. The number of piperidine rings is 2. The van der Waals surface area contributed by atoms with E-state index >= 15 is 0 Å². The number of amides is 3. The van der Waals surface area contributed by atoms with Crippen LogP contribution in [0, 0.1) is 62.0 Å². The second-order valence-corrected chi connectivity index (χ2v) is 40.4. The highest BCUT2D eigenvalue weighted by molar-refractivity contribution is 7.90. The third kappa shape index (κ3) is 28.6. The van der Waals surface area contributed by atoms with Crippen LogP contribution in [0.4, 0.5) is 54.1 Å². The zero-order valence-corrected chi connectivity index (χ0v) is 82.2. The SMILES string of the molecule is CN1C[C@@H]2C(CN(Cc3ccc(F)c(Cl)c3)C(=O)c3cn(C)cn3)[C@@H]2C1.COc1cc(C(F)(F)F)cc(C)c1C(=O)NC(c1ccccc1)C(C)(C)N1CCCC1.Cc1ccc2c(c1)CC[C@H](CN(C)CC(=O)O)[C@@H]2c1ccccc1.Cc1cnc(N2CCN(C(=O)c3cc(S(C)(=O)=O)ccc3O[C@@H](C)C(F)(F)F)CC2)c(F)c1.O=C(O)CN1CCC(C(c2ccccc2)c2cccc(C(F)(F)F)c2)CC1. The molecule has 4 saturated heterocycles. The standard InChI is InChI=1S/C24H29F3N2O2.C21H23F4N3O4S.C21H22F3NO2.C21H25NO2.C19H22ClFN4O/c1-16-14-18(24(25,26)27)15-19(31-4)20(16)22(30)28-21(17-10-6-5-7-11-17)23(2,3)29-12-8-9-13-29;1-13-10-17(22)19(26-12-13)27-6-8-28(9-7-27)20(29)16-11-15(33(3,30)31)4-5-18(16)32-14(2)21(23,24)25;22-21(23,24)18-8-4-7-17(13-18)20(15-5-2-1-3-6-15)16-9-11-25(12-10-16)14-19(26)27;1-15-8-11-19-17(12-15)9-10-18(13-22(2)14-20(23)24)21(19)16-6-4-3-5-7-16;1-23-7-13-14(8-23)15(13)9-25(19(26)18-10-24(2)11-22-18)6-12-3-4-17(21)16(20)5-12/h5-7,10-11,14-15,21H,8-9,12-13H2,1-4H3,(H,28,30);4-5,10-12,14H,6-9H2,1-3H3;1-8,13,16,20H,9-12,14H2,(H,26,27);3-8,11-12,18,21H,9-10,13-14H2,1-2H3,(H,23,24);3-5,10-11,13-15H,6-9H2,1-2H3/t;14-;;18-,21+;13-,14+,15?/m.0.1./s1. The van der Waals surface area contributed by atoms with Crippen molar-refractivity contribution in [3.63, 3.8) is 0 Å². The first-order valence-corrected chi connectivity index (χ1v) is 49.1. The minimum Gasteiger partial charge on any atom is -0.496 e. The largest absolute Gasteiger partial charge is 0.496 e. The summed E-state index contributed by atoms with van der Waals surface area (Å²) in [6.07, 6.45) is -4.08. The van der Waals surface area contributed by atoms with Gasteiger partial charge in [0.1, 0.15) is 23.0 Å². The molecule has 10 aromatic rings. The second kappa shape index (κ2) is 46.9. The Morgan fingerprint density at radius 1 is 0.645 bits per heavy atom. The molecule has 35 heteroatoms. The fourth-order valence-electron chi connectivity index (χ4n) is 19.8. The van der Waals surface area contributed by atoms with Gasteiger partial charge in [-0.1, -0.05) is 151 Å². The fraction of sp³-hybridized carbons (Fsp3) is 0.425. The smallest absolute Gasteiger partial charge is 0.425 e. The highest BCUT2D eigenvalue weighted by Crippen LogP contribution is 2.52.